The maximum atomic E-state index is 12.8. The number of methoxy groups -OCH3 is 1. The highest BCUT2D eigenvalue weighted by Gasteiger charge is 2.28. The van der Waals surface area contributed by atoms with Gasteiger partial charge < -0.3 is 19.9 Å². The molecule has 2 aromatic heterocycles. The van der Waals surface area contributed by atoms with Gasteiger partial charge in [0.25, 0.3) is 5.91 Å². The van der Waals surface area contributed by atoms with Crippen molar-refractivity contribution in [2.24, 2.45) is 0 Å². The molecule has 0 saturated carbocycles. The molecule has 1 aliphatic heterocycles. The summed E-state index contributed by atoms with van der Waals surface area (Å²) in [6.07, 6.45) is 2.86. The van der Waals surface area contributed by atoms with Crippen molar-refractivity contribution in [3.05, 3.63) is 81.9 Å². The Morgan fingerprint density at radius 2 is 1.93 bits per heavy atom. The van der Waals surface area contributed by atoms with Crippen molar-refractivity contribution in [2.75, 3.05) is 31.6 Å². The lowest BCUT2D eigenvalue weighted by Crippen LogP contribution is -2.48. The quantitative estimate of drug-likeness (QED) is 0.336. The minimum atomic E-state index is -0.176. The van der Waals surface area contributed by atoms with Gasteiger partial charge in [0, 0.05) is 43.1 Å². The molecular formula is C31H37ClN6O2. The van der Waals surface area contributed by atoms with Gasteiger partial charge in [-0.25, -0.2) is 9.97 Å². The van der Waals surface area contributed by atoms with Gasteiger partial charge in [0.05, 0.1) is 24.9 Å². The van der Waals surface area contributed by atoms with Crippen LogP contribution in [0.5, 0.6) is 5.75 Å². The lowest BCUT2D eigenvalue weighted by molar-refractivity contribution is 0.0944. The molecule has 1 aliphatic rings. The molecule has 3 heterocycles. The molecule has 1 atom stereocenters. The van der Waals surface area contributed by atoms with E-state index >= 15 is 0 Å². The zero-order chi connectivity index (χ0) is 28.6. The number of aromatic nitrogens is 2. The fraction of sp³-hybridized carbons (Fsp3) is 0.419. The number of amides is 1. The van der Waals surface area contributed by atoms with Gasteiger partial charge in [0.2, 0.25) is 0 Å². The van der Waals surface area contributed by atoms with Crippen LogP contribution in [0.2, 0.25) is 5.15 Å². The molecule has 1 amide bonds. The van der Waals surface area contributed by atoms with Crippen LogP contribution in [-0.2, 0) is 6.54 Å². The van der Waals surface area contributed by atoms with E-state index < -0.39 is 0 Å². The number of nitrogens with one attached hydrogen (secondary N) is 1. The lowest BCUT2D eigenvalue weighted by atomic mass is 9.99. The summed E-state index contributed by atoms with van der Waals surface area (Å²) in [7, 11) is 1.67. The number of anilines is 1. The molecule has 0 spiro atoms. The van der Waals surface area contributed by atoms with Crippen LogP contribution < -0.4 is 15.0 Å². The third-order valence-electron chi connectivity index (χ3n) is 7.60. The van der Waals surface area contributed by atoms with E-state index in [-0.39, 0.29) is 11.1 Å². The maximum Gasteiger partial charge on any atom is 0.254 e. The highest BCUT2D eigenvalue weighted by molar-refractivity contribution is 6.32. The van der Waals surface area contributed by atoms with Gasteiger partial charge in [-0.2, -0.15) is 5.26 Å². The number of likely N-dealkylation sites (tertiary alicyclic amines) is 1. The van der Waals surface area contributed by atoms with Gasteiger partial charge in [-0.15, -0.1) is 0 Å². The Labute approximate surface area is 241 Å². The summed E-state index contributed by atoms with van der Waals surface area (Å²) in [6, 6.07) is 18.4. The smallest absolute Gasteiger partial charge is 0.254 e. The molecule has 1 saturated heterocycles. The van der Waals surface area contributed by atoms with Crippen molar-refractivity contribution in [2.45, 2.75) is 58.7 Å². The number of nitriles is 1. The first-order valence-corrected chi connectivity index (χ1v) is 14.1. The van der Waals surface area contributed by atoms with Gasteiger partial charge in [-0.05, 0) is 88.1 Å². The summed E-state index contributed by atoms with van der Waals surface area (Å²) in [5.41, 5.74) is 4.50. The van der Waals surface area contributed by atoms with E-state index in [1.807, 2.05) is 44.2 Å². The second kappa shape index (κ2) is 13.6. The number of carbonyl (C=O) groups excluding carboxylic acids is 1. The van der Waals surface area contributed by atoms with Crippen LogP contribution in [0.4, 0.5) is 5.69 Å². The summed E-state index contributed by atoms with van der Waals surface area (Å²) in [6.45, 7) is 9.09. The Kier molecular flexibility index (Phi) is 9.97. The van der Waals surface area contributed by atoms with Crippen LogP contribution in [0.1, 0.15) is 59.2 Å². The molecule has 1 aromatic carbocycles. The Morgan fingerprint density at radius 1 is 1.20 bits per heavy atom. The predicted molar refractivity (Wildman–Crippen MR) is 158 cm³/mol. The minimum absolute atomic E-state index is 0.176. The van der Waals surface area contributed by atoms with Crippen molar-refractivity contribution in [3.63, 3.8) is 0 Å². The molecule has 8 nitrogen and oxygen atoms in total. The fourth-order valence-electron chi connectivity index (χ4n) is 5.38. The summed E-state index contributed by atoms with van der Waals surface area (Å²) in [5, 5.41) is 12.6. The Morgan fingerprint density at radius 3 is 2.58 bits per heavy atom. The average Bonchev–Trinajstić information content (AvgIpc) is 2.95. The third-order valence-corrected chi connectivity index (χ3v) is 7.87. The number of pyridine rings is 2. The molecule has 1 fully saturated rings. The predicted octanol–water partition coefficient (Wildman–Crippen LogP) is 5.31. The number of halogens is 1. The highest BCUT2D eigenvalue weighted by atomic mass is 35.5. The standard InChI is InChI=1S/C31H37ClN6O2/c1-21-18-22(2)35-30(32)29(21)31(39)34-15-12-23(3)37-16-13-27(14-17-37)38(26-8-10-28(40-4)11-9-26)20-25-7-5-6-24(19-33)36-25/h5-11,18,23,27H,12-17,20H2,1-4H3,(H,34,39)/t23-/m1/s1. The Bertz CT molecular complexity index is 1330. The van der Waals surface area contributed by atoms with Gasteiger partial charge in [-0.1, -0.05) is 17.7 Å². The van der Waals surface area contributed by atoms with Crippen molar-refractivity contribution in [1.82, 2.24) is 20.2 Å². The molecule has 9 heteroatoms. The summed E-state index contributed by atoms with van der Waals surface area (Å²) in [4.78, 5) is 26.4. The van der Waals surface area contributed by atoms with E-state index in [0.29, 0.717) is 36.4 Å². The van der Waals surface area contributed by atoms with E-state index in [9.17, 15) is 10.1 Å². The molecule has 210 valence electrons. The number of nitrogens with zero attached hydrogens (tertiary/aromatic N) is 5. The van der Waals surface area contributed by atoms with Crippen molar-refractivity contribution < 1.29 is 9.53 Å². The van der Waals surface area contributed by atoms with Crippen LogP contribution in [0, 0.1) is 25.2 Å². The number of hydrogen-bond acceptors (Lipinski definition) is 7. The molecule has 1 N–H and O–H groups in total. The van der Waals surface area contributed by atoms with Gasteiger partial charge >= 0.3 is 0 Å². The van der Waals surface area contributed by atoms with Crippen molar-refractivity contribution in [1.29, 1.82) is 5.26 Å². The molecular weight excluding hydrogens is 524 g/mol. The number of aryl methyl sites for hydroxylation is 2. The second-order valence-corrected chi connectivity index (χ2v) is 10.7. The summed E-state index contributed by atoms with van der Waals surface area (Å²) < 4.78 is 5.36. The van der Waals surface area contributed by atoms with Crippen molar-refractivity contribution in [3.8, 4) is 11.8 Å². The zero-order valence-electron chi connectivity index (χ0n) is 23.7. The van der Waals surface area contributed by atoms with Crippen LogP contribution in [0.25, 0.3) is 0 Å². The van der Waals surface area contributed by atoms with Gasteiger partial charge in [0.15, 0.2) is 0 Å². The van der Waals surface area contributed by atoms with E-state index in [1.54, 1.807) is 13.2 Å². The Hall–Kier alpha value is -3.67. The van der Waals surface area contributed by atoms with Gasteiger partial charge in [0.1, 0.15) is 22.7 Å². The van der Waals surface area contributed by atoms with E-state index in [0.717, 1.165) is 60.7 Å². The summed E-state index contributed by atoms with van der Waals surface area (Å²) >= 11 is 6.25. The molecule has 0 aliphatic carbocycles. The molecule has 0 radical (unpaired) electrons. The largest absolute Gasteiger partial charge is 0.497 e. The molecule has 40 heavy (non-hydrogen) atoms. The first-order chi connectivity index (χ1) is 19.3. The number of piperidine rings is 1. The monoisotopic (exact) mass is 560 g/mol. The van der Waals surface area contributed by atoms with Crippen LogP contribution in [-0.4, -0.2) is 59.6 Å². The lowest BCUT2D eigenvalue weighted by Gasteiger charge is -2.41. The van der Waals surface area contributed by atoms with Crippen LogP contribution in [0.15, 0.2) is 48.5 Å². The fourth-order valence-corrected chi connectivity index (χ4v) is 5.75. The van der Waals surface area contributed by atoms with E-state index in [4.69, 9.17) is 16.3 Å². The number of benzene rings is 1. The highest BCUT2D eigenvalue weighted by Crippen LogP contribution is 2.28. The number of ether oxygens (including phenoxy) is 1. The number of hydrogen-bond donors (Lipinski definition) is 1. The first-order valence-electron chi connectivity index (χ1n) is 13.7. The molecule has 0 unspecified atom stereocenters. The third kappa shape index (κ3) is 7.29. The van der Waals surface area contributed by atoms with Crippen LogP contribution in [0.3, 0.4) is 0 Å². The molecule has 3 aromatic rings. The molecule has 0 bridgehead atoms. The normalized spacial score (nSPS) is 14.8. The summed E-state index contributed by atoms with van der Waals surface area (Å²) in [5.74, 6) is 0.644. The SMILES string of the molecule is COc1ccc(N(Cc2cccc(C#N)n2)C2CCN([C@H](C)CCNC(=O)c3c(C)cc(C)nc3Cl)CC2)cc1. The van der Waals surface area contributed by atoms with Gasteiger partial charge in [-0.3, -0.25) is 4.79 Å². The molecule has 4 rings (SSSR count). The minimum Gasteiger partial charge on any atom is -0.497 e. The average molecular weight is 561 g/mol. The van der Waals surface area contributed by atoms with E-state index in [2.05, 4.69) is 50.2 Å². The first kappa shape index (κ1) is 29.3. The number of rotatable bonds is 10. The van der Waals surface area contributed by atoms with Crippen LogP contribution >= 0.6 is 11.6 Å². The zero-order valence-corrected chi connectivity index (χ0v) is 24.4. The topological polar surface area (TPSA) is 94.4 Å². The maximum absolute atomic E-state index is 12.8. The second-order valence-electron chi connectivity index (χ2n) is 10.4. The number of carbonyl (C=O) groups is 1. The van der Waals surface area contributed by atoms with Crippen molar-refractivity contribution >= 4 is 23.2 Å². The van der Waals surface area contributed by atoms with E-state index in [1.165, 1.54) is 0 Å². The Balaban J connectivity index is 1.35.